The summed E-state index contributed by atoms with van der Waals surface area (Å²) in [5, 5.41) is 18.1. The lowest BCUT2D eigenvalue weighted by atomic mass is 10.0. The van der Waals surface area contributed by atoms with Crippen LogP contribution in [0.3, 0.4) is 0 Å². The zero-order valence-corrected chi connectivity index (χ0v) is 10.4. The second kappa shape index (κ2) is 6.05. The summed E-state index contributed by atoms with van der Waals surface area (Å²) in [6, 6.07) is 4.67. The molecule has 17 heavy (non-hydrogen) atoms. The molecule has 1 atom stereocenters. The zero-order valence-electron chi connectivity index (χ0n) is 8.76. The maximum absolute atomic E-state index is 11.2. The number of halogens is 1. The van der Waals surface area contributed by atoms with E-state index in [4.69, 9.17) is 16.7 Å². The topological polar surface area (TPSA) is 74.6 Å². The molecule has 0 saturated heterocycles. The van der Waals surface area contributed by atoms with Gasteiger partial charge in [-0.15, -0.1) is 24.2 Å². The monoisotopic (exact) mass is 274 g/mol. The minimum absolute atomic E-state index is 0.0719. The lowest BCUT2D eigenvalue weighted by Gasteiger charge is -2.12. The van der Waals surface area contributed by atoms with Gasteiger partial charge in [0.1, 0.15) is 0 Å². The molecule has 1 unspecified atom stereocenters. The Morgan fingerprint density at radius 2 is 2.06 bits per heavy atom. The van der Waals surface area contributed by atoms with Crippen molar-refractivity contribution < 1.29 is 19.8 Å². The molecule has 2 N–H and O–H groups in total. The van der Waals surface area contributed by atoms with Crippen molar-refractivity contribution in [3.63, 3.8) is 0 Å². The molecule has 0 bridgehead atoms. The minimum atomic E-state index is -1.64. The Labute approximate surface area is 109 Å². The lowest BCUT2D eigenvalue weighted by Crippen LogP contribution is -2.13. The van der Waals surface area contributed by atoms with Gasteiger partial charge in [0.25, 0.3) is 0 Å². The summed E-state index contributed by atoms with van der Waals surface area (Å²) in [5.41, 5.74) is 0.720. The molecule has 0 heterocycles. The molecule has 0 spiro atoms. The fourth-order valence-corrected chi connectivity index (χ4v) is 1.81. The first-order chi connectivity index (χ1) is 7.97. The van der Waals surface area contributed by atoms with E-state index in [-0.39, 0.29) is 23.6 Å². The molecule has 0 aliphatic heterocycles. The van der Waals surface area contributed by atoms with Crippen LogP contribution in [0.25, 0.3) is 0 Å². The number of carbonyl (C=O) groups is 2. The first-order valence-corrected chi connectivity index (χ1v) is 5.74. The van der Waals surface area contributed by atoms with E-state index in [9.17, 15) is 14.7 Å². The summed E-state index contributed by atoms with van der Waals surface area (Å²) in [4.78, 5) is 22.2. The Kier molecular flexibility index (Phi) is 4.99. The van der Waals surface area contributed by atoms with Crippen molar-refractivity contribution in [2.75, 3.05) is 5.88 Å². The van der Waals surface area contributed by atoms with Gasteiger partial charge in [-0.1, -0.05) is 18.2 Å². The number of carbonyl (C=O) groups excluding carboxylic acids is 1. The van der Waals surface area contributed by atoms with Crippen LogP contribution in [0.4, 0.5) is 0 Å². The second-order valence-corrected chi connectivity index (χ2v) is 4.16. The van der Waals surface area contributed by atoms with Crippen LogP contribution in [-0.2, 0) is 16.0 Å². The molecule has 0 radical (unpaired) electrons. The van der Waals surface area contributed by atoms with Crippen molar-refractivity contribution in [3.05, 3.63) is 29.3 Å². The Hall–Kier alpha value is -1.04. The number of aliphatic carboxylic acids is 1. The third-order valence-electron chi connectivity index (χ3n) is 2.22. The van der Waals surface area contributed by atoms with Crippen LogP contribution in [0, 0.1) is 0 Å². The van der Waals surface area contributed by atoms with E-state index in [0.29, 0.717) is 10.5 Å². The smallest absolute Gasteiger partial charge is 0.337 e. The minimum Gasteiger partial charge on any atom is -0.479 e. The molecular weight excluding hydrogens is 264 g/mol. The van der Waals surface area contributed by atoms with Gasteiger partial charge < -0.3 is 10.2 Å². The molecular formula is C11H11ClO4S. The molecule has 0 amide bonds. The maximum Gasteiger partial charge on any atom is 0.337 e. The lowest BCUT2D eigenvalue weighted by molar-refractivity contribution is -0.147. The summed E-state index contributed by atoms with van der Waals surface area (Å²) in [5.74, 6) is -1.66. The Bertz CT molecular complexity index is 447. The van der Waals surface area contributed by atoms with E-state index < -0.39 is 12.1 Å². The number of benzene rings is 1. The SMILES string of the molecule is O=C(CCl)Cc1cccc(C(O)C(=O)O)c1S. The van der Waals surface area contributed by atoms with Crippen molar-refractivity contribution in [2.45, 2.75) is 17.4 Å². The van der Waals surface area contributed by atoms with E-state index in [1.54, 1.807) is 12.1 Å². The van der Waals surface area contributed by atoms with Gasteiger partial charge in [0, 0.05) is 16.9 Å². The van der Waals surface area contributed by atoms with Crippen LogP contribution >= 0.6 is 24.2 Å². The van der Waals surface area contributed by atoms with Crippen LogP contribution in [0.1, 0.15) is 17.2 Å². The fourth-order valence-electron chi connectivity index (χ4n) is 1.37. The predicted octanol–water partition coefficient (Wildman–Crippen LogP) is 1.44. The summed E-state index contributed by atoms with van der Waals surface area (Å²) >= 11 is 9.53. The normalized spacial score (nSPS) is 12.2. The number of aliphatic hydroxyl groups excluding tert-OH is 1. The number of alkyl halides is 1. The molecule has 0 fully saturated rings. The maximum atomic E-state index is 11.2. The van der Waals surface area contributed by atoms with Gasteiger partial charge in [-0.25, -0.2) is 4.79 Å². The molecule has 1 aromatic carbocycles. The molecule has 92 valence electrons. The van der Waals surface area contributed by atoms with Gasteiger partial charge in [0.15, 0.2) is 11.9 Å². The van der Waals surface area contributed by atoms with Crippen LogP contribution in [0.2, 0.25) is 0 Å². The summed E-state index contributed by atoms with van der Waals surface area (Å²) in [6.45, 7) is 0. The molecule has 6 heteroatoms. The van der Waals surface area contributed by atoms with Crippen molar-refractivity contribution in [2.24, 2.45) is 0 Å². The molecule has 0 aliphatic carbocycles. The Morgan fingerprint density at radius 3 is 2.59 bits per heavy atom. The van der Waals surface area contributed by atoms with Gasteiger partial charge >= 0.3 is 5.97 Å². The Balaban J connectivity index is 3.07. The van der Waals surface area contributed by atoms with Crippen molar-refractivity contribution in [1.29, 1.82) is 0 Å². The third-order valence-corrected chi connectivity index (χ3v) is 3.06. The molecule has 1 rings (SSSR count). The van der Waals surface area contributed by atoms with E-state index in [1.165, 1.54) is 6.07 Å². The van der Waals surface area contributed by atoms with Crippen molar-refractivity contribution >= 4 is 36.0 Å². The van der Waals surface area contributed by atoms with Gasteiger partial charge in [0.2, 0.25) is 0 Å². The van der Waals surface area contributed by atoms with E-state index >= 15 is 0 Å². The van der Waals surface area contributed by atoms with Gasteiger partial charge in [-0.2, -0.15) is 0 Å². The third kappa shape index (κ3) is 3.46. The van der Waals surface area contributed by atoms with Gasteiger partial charge in [-0.3, -0.25) is 4.79 Å². The fraction of sp³-hybridized carbons (Fsp3) is 0.273. The number of carboxylic acids is 1. The molecule has 0 aromatic heterocycles. The number of aliphatic hydroxyl groups is 1. The van der Waals surface area contributed by atoms with Crippen LogP contribution in [0.5, 0.6) is 0 Å². The number of Topliss-reactive ketones (excluding diaryl/α,β-unsaturated/α-hetero) is 1. The number of thiol groups is 1. The summed E-state index contributed by atoms with van der Waals surface area (Å²) in [6.07, 6.45) is -1.57. The summed E-state index contributed by atoms with van der Waals surface area (Å²) < 4.78 is 0. The number of ketones is 1. The molecule has 0 saturated carbocycles. The highest BCUT2D eigenvalue weighted by Crippen LogP contribution is 2.25. The zero-order chi connectivity index (χ0) is 13.0. The molecule has 0 aliphatic rings. The van der Waals surface area contributed by atoms with Crippen LogP contribution < -0.4 is 0 Å². The first-order valence-electron chi connectivity index (χ1n) is 4.76. The molecule has 1 aromatic rings. The highest BCUT2D eigenvalue weighted by Gasteiger charge is 2.20. The standard InChI is InChI=1S/C11H11ClO4S/c12-5-7(13)4-6-2-1-3-8(10(6)17)9(14)11(15)16/h1-3,9,14,17H,4-5H2,(H,15,16). The van der Waals surface area contributed by atoms with Gasteiger partial charge in [0.05, 0.1) is 5.88 Å². The second-order valence-electron chi connectivity index (χ2n) is 3.44. The van der Waals surface area contributed by atoms with Crippen LogP contribution in [0.15, 0.2) is 23.1 Å². The van der Waals surface area contributed by atoms with Crippen LogP contribution in [-0.4, -0.2) is 27.8 Å². The average molecular weight is 275 g/mol. The van der Waals surface area contributed by atoms with E-state index in [0.717, 1.165) is 0 Å². The van der Waals surface area contributed by atoms with Crippen molar-refractivity contribution in [1.82, 2.24) is 0 Å². The van der Waals surface area contributed by atoms with Gasteiger partial charge in [-0.05, 0) is 5.56 Å². The highest BCUT2D eigenvalue weighted by atomic mass is 35.5. The first kappa shape index (κ1) is 14.0. The largest absolute Gasteiger partial charge is 0.479 e. The van der Waals surface area contributed by atoms with E-state index in [1.807, 2.05) is 0 Å². The quantitative estimate of drug-likeness (QED) is 0.561. The number of hydrogen-bond acceptors (Lipinski definition) is 4. The van der Waals surface area contributed by atoms with Crippen molar-refractivity contribution in [3.8, 4) is 0 Å². The average Bonchev–Trinajstić information content (AvgIpc) is 2.30. The number of hydrogen-bond donors (Lipinski definition) is 3. The Morgan fingerprint density at radius 1 is 1.41 bits per heavy atom. The molecule has 4 nitrogen and oxygen atoms in total. The summed E-state index contributed by atoms with van der Waals surface area (Å²) in [7, 11) is 0. The number of carboxylic acid groups (broad SMARTS) is 1. The predicted molar refractivity (Wildman–Crippen MR) is 65.7 cm³/mol. The number of rotatable bonds is 5. The van der Waals surface area contributed by atoms with E-state index in [2.05, 4.69) is 12.6 Å². The highest BCUT2D eigenvalue weighted by molar-refractivity contribution is 7.80.